The third-order valence-corrected chi connectivity index (χ3v) is 3.29. The topological polar surface area (TPSA) is 109 Å². The van der Waals surface area contributed by atoms with Crippen molar-refractivity contribution in [1.82, 2.24) is 10.3 Å². The Labute approximate surface area is 138 Å². The van der Waals surface area contributed by atoms with Gasteiger partial charge in [-0.05, 0) is 24.6 Å². The molecular weight excluding hydrogens is 312 g/mol. The number of carbonyl (C=O) groups excluding carboxylic acids is 1. The number of aromatic hydroxyl groups is 1. The lowest BCUT2D eigenvalue weighted by molar-refractivity contribution is -0.139. The minimum absolute atomic E-state index is 0.0347. The third-order valence-electron chi connectivity index (χ3n) is 3.29. The van der Waals surface area contributed by atoms with Gasteiger partial charge in [0.2, 0.25) is 0 Å². The number of pyridine rings is 1. The van der Waals surface area contributed by atoms with E-state index >= 15 is 0 Å². The van der Waals surface area contributed by atoms with Crippen molar-refractivity contribution in [2.45, 2.75) is 26.0 Å². The molecule has 3 N–H and O–H groups in total. The summed E-state index contributed by atoms with van der Waals surface area (Å²) in [5.74, 6) is -1.36. The first-order valence-electron chi connectivity index (χ1n) is 7.31. The molecule has 0 fully saturated rings. The zero-order valence-corrected chi connectivity index (χ0v) is 13.1. The second-order valence-electron chi connectivity index (χ2n) is 5.22. The fraction of sp³-hybridized carbons (Fsp3) is 0.235. The van der Waals surface area contributed by atoms with Crippen LogP contribution in [0.4, 0.5) is 4.79 Å². The quantitative estimate of drug-likeness (QED) is 0.747. The number of alkyl carbamates (subject to hydrolysis) is 1. The number of carbonyl (C=O) groups is 2. The summed E-state index contributed by atoms with van der Waals surface area (Å²) < 4.78 is 5.00. The molecule has 1 aromatic carbocycles. The average Bonchev–Trinajstić information content (AvgIpc) is 2.56. The Hall–Kier alpha value is -3.09. The van der Waals surface area contributed by atoms with E-state index in [0.29, 0.717) is 5.69 Å². The number of aliphatic carboxylic acids is 1. The van der Waals surface area contributed by atoms with E-state index in [9.17, 15) is 19.8 Å². The lowest BCUT2D eigenvalue weighted by Gasteiger charge is -2.15. The summed E-state index contributed by atoms with van der Waals surface area (Å²) in [4.78, 5) is 27.2. The molecule has 0 saturated heterocycles. The van der Waals surface area contributed by atoms with Crippen LogP contribution in [0.1, 0.15) is 17.0 Å². The van der Waals surface area contributed by atoms with E-state index in [4.69, 9.17) is 4.74 Å². The number of carboxylic acids is 1. The summed E-state index contributed by atoms with van der Waals surface area (Å²) in [5.41, 5.74) is 1.63. The van der Waals surface area contributed by atoms with Gasteiger partial charge in [0.15, 0.2) is 0 Å². The van der Waals surface area contributed by atoms with E-state index in [1.807, 2.05) is 18.2 Å². The number of ether oxygens (including phenoxy) is 1. The normalized spacial score (nSPS) is 11.5. The van der Waals surface area contributed by atoms with Crippen molar-refractivity contribution in [3.63, 3.8) is 0 Å². The molecule has 0 saturated carbocycles. The number of rotatable bonds is 6. The average molecular weight is 330 g/mol. The van der Waals surface area contributed by atoms with Gasteiger partial charge in [-0.25, -0.2) is 9.59 Å². The molecule has 0 aliphatic carbocycles. The molecule has 2 rings (SSSR count). The van der Waals surface area contributed by atoms with Crippen molar-refractivity contribution in [3.05, 3.63) is 59.4 Å². The maximum Gasteiger partial charge on any atom is 0.408 e. The van der Waals surface area contributed by atoms with Gasteiger partial charge in [-0.1, -0.05) is 30.3 Å². The van der Waals surface area contributed by atoms with E-state index in [1.165, 1.54) is 6.07 Å². The Balaban J connectivity index is 1.96. The number of carboxylic acid groups (broad SMARTS) is 1. The molecule has 1 aromatic heterocycles. The number of hydrogen-bond acceptors (Lipinski definition) is 5. The maximum absolute atomic E-state index is 11.8. The van der Waals surface area contributed by atoms with Gasteiger partial charge in [0.25, 0.3) is 0 Å². The summed E-state index contributed by atoms with van der Waals surface area (Å²) in [7, 11) is 0. The molecule has 7 heteroatoms. The Morgan fingerprint density at radius 3 is 2.58 bits per heavy atom. The SMILES string of the molecule is Cc1ccc(O)c(CC(NC(=O)OCc2ccccc2)C(=O)O)n1. The molecule has 126 valence electrons. The Kier molecular flexibility index (Phi) is 5.73. The molecule has 1 atom stereocenters. The third kappa shape index (κ3) is 4.98. The number of hydrogen-bond donors (Lipinski definition) is 3. The largest absolute Gasteiger partial charge is 0.506 e. The van der Waals surface area contributed by atoms with Crippen molar-refractivity contribution in [2.75, 3.05) is 0 Å². The van der Waals surface area contributed by atoms with Crippen LogP contribution in [0.25, 0.3) is 0 Å². The van der Waals surface area contributed by atoms with Gasteiger partial charge in [-0.2, -0.15) is 0 Å². The van der Waals surface area contributed by atoms with Crippen LogP contribution >= 0.6 is 0 Å². The van der Waals surface area contributed by atoms with Crippen LogP contribution in [-0.2, 0) is 22.6 Å². The number of nitrogens with one attached hydrogen (secondary N) is 1. The van der Waals surface area contributed by atoms with E-state index in [1.54, 1.807) is 25.1 Å². The maximum atomic E-state index is 11.8. The van der Waals surface area contributed by atoms with Crippen molar-refractivity contribution in [1.29, 1.82) is 0 Å². The highest BCUT2D eigenvalue weighted by Crippen LogP contribution is 2.16. The van der Waals surface area contributed by atoms with Crippen LogP contribution in [-0.4, -0.2) is 33.3 Å². The molecule has 1 heterocycles. The predicted octanol–water partition coefficient (Wildman–Crippen LogP) is 2.02. The van der Waals surface area contributed by atoms with Crippen LogP contribution in [0.15, 0.2) is 42.5 Å². The van der Waals surface area contributed by atoms with E-state index in [0.717, 1.165) is 5.56 Å². The van der Waals surface area contributed by atoms with Gasteiger partial charge in [0, 0.05) is 12.1 Å². The number of nitrogens with zero attached hydrogens (tertiary/aromatic N) is 1. The number of aromatic nitrogens is 1. The minimum Gasteiger partial charge on any atom is -0.506 e. The summed E-state index contributed by atoms with van der Waals surface area (Å²) in [6, 6.07) is 10.8. The molecule has 0 spiro atoms. The van der Waals surface area contributed by atoms with Gasteiger partial charge >= 0.3 is 12.1 Å². The zero-order valence-electron chi connectivity index (χ0n) is 13.1. The Bertz CT molecular complexity index is 718. The fourth-order valence-electron chi connectivity index (χ4n) is 2.05. The summed E-state index contributed by atoms with van der Waals surface area (Å²) in [6.45, 7) is 1.76. The summed E-state index contributed by atoms with van der Waals surface area (Å²) >= 11 is 0. The molecule has 0 aliphatic rings. The number of amides is 1. The van der Waals surface area contributed by atoms with Crippen molar-refractivity contribution in [2.24, 2.45) is 0 Å². The highest BCUT2D eigenvalue weighted by atomic mass is 16.5. The fourth-order valence-corrected chi connectivity index (χ4v) is 2.05. The van der Waals surface area contributed by atoms with E-state index in [-0.39, 0.29) is 24.5 Å². The molecular formula is C17H18N2O5. The number of benzene rings is 1. The monoisotopic (exact) mass is 330 g/mol. The molecule has 1 unspecified atom stereocenters. The van der Waals surface area contributed by atoms with Gasteiger partial charge in [-0.3, -0.25) is 4.98 Å². The van der Waals surface area contributed by atoms with Crippen LogP contribution in [0.2, 0.25) is 0 Å². The number of aryl methyl sites for hydroxylation is 1. The van der Waals surface area contributed by atoms with Crippen LogP contribution in [0, 0.1) is 6.92 Å². The molecule has 0 bridgehead atoms. The Morgan fingerprint density at radius 2 is 1.92 bits per heavy atom. The zero-order chi connectivity index (χ0) is 17.5. The molecule has 0 radical (unpaired) electrons. The smallest absolute Gasteiger partial charge is 0.408 e. The van der Waals surface area contributed by atoms with Crippen LogP contribution < -0.4 is 5.32 Å². The standard InChI is InChI=1S/C17H18N2O5/c1-11-7-8-15(20)13(18-11)9-14(16(21)22)19-17(23)24-10-12-5-3-2-4-6-12/h2-8,14,20H,9-10H2,1H3,(H,19,23)(H,21,22). The molecule has 1 amide bonds. The predicted molar refractivity (Wildman–Crippen MR) is 85.5 cm³/mol. The summed E-state index contributed by atoms with van der Waals surface area (Å²) in [6.07, 6.45) is -0.998. The van der Waals surface area contributed by atoms with Crippen molar-refractivity contribution >= 4 is 12.1 Å². The van der Waals surface area contributed by atoms with E-state index in [2.05, 4.69) is 10.3 Å². The highest BCUT2D eigenvalue weighted by molar-refractivity contribution is 5.80. The molecule has 24 heavy (non-hydrogen) atoms. The minimum atomic E-state index is -1.26. The highest BCUT2D eigenvalue weighted by Gasteiger charge is 2.23. The molecule has 7 nitrogen and oxygen atoms in total. The second kappa shape index (κ2) is 7.96. The van der Waals surface area contributed by atoms with Gasteiger partial charge < -0.3 is 20.3 Å². The first-order chi connectivity index (χ1) is 11.5. The summed E-state index contributed by atoms with van der Waals surface area (Å²) in [5, 5.41) is 21.3. The lowest BCUT2D eigenvalue weighted by atomic mass is 10.1. The first kappa shape index (κ1) is 17.3. The van der Waals surface area contributed by atoms with Gasteiger partial charge in [0.1, 0.15) is 18.4 Å². The van der Waals surface area contributed by atoms with Crippen molar-refractivity contribution < 1.29 is 24.5 Å². The lowest BCUT2D eigenvalue weighted by Crippen LogP contribution is -2.42. The van der Waals surface area contributed by atoms with E-state index < -0.39 is 18.1 Å². The molecule has 2 aromatic rings. The van der Waals surface area contributed by atoms with Crippen LogP contribution in [0.5, 0.6) is 5.75 Å². The van der Waals surface area contributed by atoms with Gasteiger partial charge in [0.05, 0.1) is 5.69 Å². The van der Waals surface area contributed by atoms with Gasteiger partial charge in [-0.15, -0.1) is 0 Å². The molecule has 0 aliphatic heterocycles. The van der Waals surface area contributed by atoms with Crippen LogP contribution in [0.3, 0.4) is 0 Å². The Morgan fingerprint density at radius 1 is 1.21 bits per heavy atom. The van der Waals surface area contributed by atoms with Crippen molar-refractivity contribution in [3.8, 4) is 5.75 Å². The second-order valence-corrected chi connectivity index (χ2v) is 5.22. The first-order valence-corrected chi connectivity index (χ1v) is 7.31.